The topological polar surface area (TPSA) is 33.3 Å². The van der Waals surface area contributed by atoms with Crippen LogP contribution in [0, 0.1) is 0 Å². The summed E-state index contributed by atoms with van der Waals surface area (Å²) in [5, 5.41) is 7.37. The number of hydrogen-bond donors (Lipinski definition) is 2. The summed E-state index contributed by atoms with van der Waals surface area (Å²) >= 11 is 0. The average Bonchev–Trinajstić information content (AvgIpc) is 2.42. The minimum atomic E-state index is 0.699. The molecule has 2 N–H and O–H groups in total. The van der Waals surface area contributed by atoms with Crippen molar-refractivity contribution < 1.29 is 4.74 Å². The minimum absolute atomic E-state index is 0.699. The summed E-state index contributed by atoms with van der Waals surface area (Å²) < 4.78 is 5.90. The van der Waals surface area contributed by atoms with Gasteiger partial charge in [-0.2, -0.15) is 0 Å². The van der Waals surface area contributed by atoms with Gasteiger partial charge in [0.15, 0.2) is 0 Å². The third-order valence-electron chi connectivity index (χ3n) is 5.05. The molecule has 2 aliphatic rings. The van der Waals surface area contributed by atoms with Crippen molar-refractivity contribution in [3.63, 3.8) is 0 Å². The van der Waals surface area contributed by atoms with E-state index in [0.717, 1.165) is 13.2 Å². The third kappa shape index (κ3) is 8.18. The first-order valence-electron chi connectivity index (χ1n) is 9.49. The Labute approximate surface area is 131 Å². The molecule has 3 heteroatoms. The highest BCUT2D eigenvalue weighted by atomic mass is 16.5. The van der Waals surface area contributed by atoms with Crippen LogP contribution in [0.2, 0.25) is 0 Å². The minimum Gasteiger partial charge on any atom is -0.381 e. The van der Waals surface area contributed by atoms with Crippen molar-refractivity contribution in [2.45, 2.75) is 89.1 Å². The van der Waals surface area contributed by atoms with Gasteiger partial charge in [0.2, 0.25) is 0 Å². The Bertz CT molecular complexity index is 207. The fourth-order valence-electron chi connectivity index (χ4n) is 3.60. The number of nitrogens with one attached hydrogen (secondary N) is 2. The lowest BCUT2D eigenvalue weighted by atomic mass is 10.0. The second kappa shape index (κ2) is 11.4. The average molecular weight is 296 g/mol. The summed E-state index contributed by atoms with van der Waals surface area (Å²) in [6, 6.07) is 1.40. The Balaban J connectivity index is 1.48. The molecule has 3 nitrogen and oxygen atoms in total. The lowest BCUT2D eigenvalue weighted by Crippen LogP contribution is -2.33. The summed E-state index contributed by atoms with van der Waals surface area (Å²) in [6.07, 6.45) is 16.2. The highest BCUT2D eigenvalue weighted by Gasteiger charge is 2.12. The van der Waals surface area contributed by atoms with Gasteiger partial charge in [-0.25, -0.2) is 0 Å². The van der Waals surface area contributed by atoms with Crippen LogP contribution in [-0.4, -0.2) is 38.4 Å². The molecule has 2 rings (SSSR count). The van der Waals surface area contributed by atoms with Gasteiger partial charge in [-0.15, -0.1) is 0 Å². The van der Waals surface area contributed by atoms with Gasteiger partial charge in [0.25, 0.3) is 0 Å². The molecular weight excluding hydrogens is 260 g/mol. The molecule has 2 unspecified atom stereocenters. The Kier molecular flexibility index (Phi) is 9.40. The van der Waals surface area contributed by atoms with Gasteiger partial charge in [0, 0.05) is 25.3 Å². The fourth-order valence-corrected chi connectivity index (χ4v) is 3.60. The maximum atomic E-state index is 5.90. The van der Waals surface area contributed by atoms with E-state index in [1.807, 2.05) is 0 Å². The molecule has 0 radical (unpaired) electrons. The van der Waals surface area contributed by atoms with Crippen molar-refractivity contribution in [1.29, 1.82) is 0 Å². The normalized spacial score (nSPS) is 29.1. The first kappa shape index (κ1) is 17.2. The van der Waals surface area contributed by atoms with E-state index in [1.165, 1.54) is 90.1 Å². The van der Waals surface area contributed by atoms with Gasteiger partial charge in [0.1, 0.15) is 0 Å². The quantitative estimate of drug-likeness (QED) is 0.734. The lowest BCUT2D eigenvalue weighted by Gasteiger charge is -2.23. The summed E-state index contributed by atoms with van der Waals surface area (Å²) in [5.41, 5.74) is 0. The van der Waals surface area contributed by atoms with Crippen molar-refractivity contribution in [2.75, 3.05) is 26.3 Å². The van der Waals surface area contributed by atoms with Gasteiger partial charge in [-0.1, -0.05) is 38.5 Å². The smallest absolute Gasteiger partial charge is 0.0480 e. The zero-order chi connectivity index (χ0) is 14.6. The molecule has 2 aliphatic heterocycles. The van der Waals surface area contributed by atoms with Gasteiger partial charge in [0.05, 0.1) is 0 Å². The number of rotatable bonds is 6. The largest absolute Gasteiger partial charge is 0.381 e. The molecule has 0 amide bonds. The van der Waals surface area contributed by atoms with Crippen molar-refractivity contribution in [3.8, 4) is 0 Å². The van der Waals surface area contributed by atoms with E-state index in [-0.39, 0.29) is 0 Å². The predicted octanol–water partition coefficient (Wildman–Crippen LogP) is 3.63. The van der Waals surface area contributed by atoms with Crippen LogP contribution in [0.3, 0.4) is 0 Å². The molecule has 0 saturated carbocycles. The van der Waals surface area contributed by atoms with Crippen molar-refractivity contribution in [1.82, 2.24) is 10.6 Å². The molecule has 2 atom stereocenters. The third-order valence-corrected chi connectivity index (χ3v) is 5.05. The predicted molar refractivity (Wildman–Crippen MR) is 89.8 cm³/mol. The molecule has 0 aromatic rings. The van der Waals surface area contributed by atoms with Crippen LogP contribution >= 0.6 is 0 Å². The Hall–Kier alpha value is -0.120. The maximum Gasteiger partial charge on any atom is 0.0480 e. The van der Waals surface area contributed by atoms with E-state index in [2.05, 4.69) is 10.6 Å². The van der Waals surface area contributed by atoms with E-state index in [4.69, 9.17) is 4.74 Å². The molecule has 21 heavy (non-hydrogen) atoms. The first-order chi connectivity index (χ1) is 10.4. The molecule has 0 spiro atoms. The van der Waals surface area contributed by atoms with Crippen LogP contribution in [0.4, 0.5) is 0 Å². The van der Waals surface area contributed by atoms with Gasteiger partial charge in [-0.05, 0) is 51.6 Å². The zero-order valence-electron chi connectivity index (χ0n) is 13.9. The van der Waals surface area contributed by atoms with E-state index in [0.29, 0.717) is 12.1 Å². The molecule has 0 aliphatic carbocycles. The molecule has 0 aromatic heterocycles. The fraction of sp³-hybridized carbons (Fsp3) is 1.00. The Morgan fingerprint density at radius 2 is 1.10 bits per heavy atom. The highest BCUT2D eigenvalue weighted by Crippen LogP contribution is 2.13. The van der Waals surface area contributed by atoms with Crippen LogP contribution < -0.4 is 10.6 Å². The number of ether oxygens (including phenoxy) is 1. The van der Waals surface area contributed by atoms with Crippen LogP contribution in [-0.2, 0) is 4.74 Å². The standard InChI is InChI=1S/C18H36N2O/c1-3-7-13-19-17(9-5-1)11-15-21-16-12-18-10-6-2-4-8-14-20-18/h17-20H,1-16H2. The highest BCUT2D eigenvalue weighted by molar-refractivity contribution is 4.71. The van der Waals surface area contributed by atoms with E-state index in [1.54, 1.807) is 0 Å². The second-order valence-electron chi connectivity index (χ2n) is 6.90. The molecular formula is C18H36N2O. The lowest BCUT2D eigenvalue weighted by molar-refractivity contribution is 0.111. The summed E-state index contributed by atoms with van der Waals surface area (Å²) in [4.78, 5) is 0. The second-order valence-corrected chi connectivity index (χ2v) is 6.90. The molecule has 2 saturated heterocycles. The summed E-state index contributed by atoms with van der Waals surface area (Å²) in [5.74, 6) is 0. The van der Waals surface area contributed by atoms with E-state index < -0.39 is 0 Å². The summed E-state index contributed by atoms with van der Waals surface area (Å²) in [6.45, 7) is 4.28. The molecule has 0 bridgehead atoms. The van der Waals surface area contributed by atoms with Gasteiger partial charge < -0.3 is 15.4 Å². The Morgan fingerprint density at radius 1 is 0.619 bits per heavy atom. The van der Waals surface area contributed by atoms with E-state index in [9.17, 15) is 0 Å². The molecule has 124 valence electrons. The van der Waals surface area contributed by atoms with E-state index >= 15 is 0 Å². The van der Waals surface area contributed by atoms with Crippen molar-refractivity contribution in [2.24, 2.45) is 0 Å². The molecule has 0 aromatic carbocycles. The van der Waals surface area contributed by atoms with Crippen molar-refractivity contribution >= 4 is 0 Å². The summed E-state index contributed by atoms with van der Waals surface area (Å²) in [7, 11) is 0. The van der Waals surface area contributed by atoms with Crippen LogP contribution in [0.1, 0.15) is 77.0 Å². The Morgan fingerprint density at radius 3 is 1.62 bits per heavy atom. The molecule has 2 fully saturated rings. The number of hydrogen-bond acceptors (Lipinski definition) is 3. The van der Waals surface area contributed by atoms with Crippen LogP contribution in [0.15, 0.2) is 0 Å². The van der Waals surface area contributed by atoms with Gasteiger partial charge in [-0.3, -0.25) is 0 Å². The maximum absolute atomic E-state index is 5.90. The SMILES string of the molecule is C1CCCC(CCOCCC2CCCCCCN2)NCC1. The van der Waals surface area contributed by atoms with Crippen LogP contribution in [0.5, 0.6) is 0 Å². The molecule has 2 heterocycles. The van der Waals surface area contributed by atoms with Crippen LogP contribution in [0.25, 0.3) is 0 Å². The van der Waals surface area contributed by atoms with Crippen molar-refractivity contribution in [3.05, 3.63) is 0 Å². The zero-order valence-corrected chi connectivity index (χ0v) is 13.9. The first-order valence-corrected chi connectivity index (χ1v) is 9.49. The monoisotopic (exact) mass is 296 g/mol. The van der Waals surface area contributed by atoms with Gasteiger partial charge >= 0.3 is 0 Å².